The first-order chi connectivity index (χ1) is 11.5. The number of hydrogen-bond acceptors (Lipinski definition) is 4. The fourth-order valence-corrected chi connectivity index (χ4v) is 3.28. The van der Waals surface area contributed by atoms with Crippen molar-refractivity contribution in [1.29, 1.82) is 0 Å². The zero-order valence-corrected chi connectivity index (χ0v) is 14.8. The van der Waals surface area contributed by atoms with E-state index in [9.17, 15) is 9.59 Å². The summed E-state index contributed by atoms with van der Waals surface area (Å²) in [5, 5.41) is 2.81. The van der Waals surface area contributed by atoms with Gasteiger partial charge in [0.25, 0.3) is 5.56 Å². The van der Waals surface area contributed by atoms with E-state index in [4.69, 9.17) is 5.73 Å². The van der Waals surface area contributed by atoms with Crippen molar-refractivity contribution in [3.8, 4) is 0 Å². The molecule has 1 amide bonds. The molecule has 0 spiro atoms. The van der Waals surface area contributed by atoms with E-state index in [-0.39, 0.29) is 17.4 Å². The minimum Gasteiger partial charge on any atom is -0.370 e. The summed E-state index contributed by atoms with van der Waals surface area (Å²) in [5.74, 6) is -0.134. The zero-order chi connectivity index (χ0) is 17.5. The van der Waals surface area contributed by atoms with Gasteiger partial charge in [0.1, 0.15) is 6.04 Å². The first-order valence-electron chi connectivity index (χ1n) is 8.99. The molecule has 6 nitrogen and oxygen atoms in total. The van der Waals surface area contributed by atoms with Gasteiger partial charge in [-0.25, -0.2) is 0 Å². The van der Waals surface area contributed by atoms with Crippen LogP contribution in [-0.4, -0.2) is 36.7 Å². The van der Waals surface area contributed by atoms with Crippen molar-refractivity contribution in [3.05, 3.63) is 28.7 Å². The van der Waals surface area contributed by atoms with E-state index in [2.05, 4.69) is 10.2 Å². The van der Waals surface area contributed by atoms with E-state index in [1.807, 2.05) is 26.1 Å². The Labute approximate surface area is 144 Å². The summed E-state index contributed by atoms with van der Waals surface area (Å²) >= 11 is 0. The molecule has 0 aromatic carbocycles. The molecule has 1 saturated heterocycles. The summed E-state index contributed by atoms with van der Waals surface area (Å²) in [7, 11) is 0. The van der Waals surface area contributed by atoms with Gasteiger partial charge in [-0.3, -0.25) is 9.59 Å². The van der Waals surface area contributed by atoms with Gasteiger partial charge in [-0.15, -0.1) is 0 Å². The summed E-state index contributed by atoms with van der Waals surface area (Å²) < 4.78 is 1.58. The fourth-order valence-electron chi connectivity index (χ4n) is 3.28. The Morgan fingerprint density at radius 1 is 1.21 bits per heavy atom. The molecule has 1 unspecified atom stereocenters. The van der Waals surface area contributed by atoms with Gasteiger partial charge in [0.2, 0.25) is 5.91 Å². The van der Waals surface area contributed by atoms with Gasteiger partial charge in [0.15, 0.2) is 0 Å². The zero-order valence-electron chi connectivity index (χ0n) is 14.8. The molecule has 0 bridgehead atoms. The van der Waals surface area contributed by atoms with Crippen molar-refractivity contribution in [3.63, 3.8) is 0 Å². The third-order valence-electron chi connectivity index (χ3n) is 4.54. The fraction of sp³-hybridized carbons (Fsp3) is 0.667. The molecule has 2 heterocycles. The van der Waals surface area contributed by atoms with Gasteiger partial charge in [0, 0.05) is 38.4 Å². The van der Waals surface area contributed by atoms with Crippen LogP contribution in [0.5, 0.6) is 0 Å². The minimum atomic E-state index is -0.518. The standard InChI is InChI=1S/C18H30N4O2/c1-14(2)17(18(24)20-10-9-19)22-13-15(7-8-16(22)23)21-11-5-3-4-6-12-21/h7-8,13-14,17H,3-6,9-12,19H2,1-2H3,(H,20,24). The van der Waals surface area contributed by atoms with Crippen LogP contribution in [0.1, 0.15) is 45.6 Å². The normalized spacial score (nSPS) is 16.8. The number of nitrogens with zero attached hydrogens (tertiary/aromatic N) is 2. The monoisotopic (exact) mass is 334 g/mol. The number of nitrogens with one attached hydrogen (secondary N) is 1. The van der Waals surface area contributed by atoms with Gasteiger partial charge in [0.05, 0.1) is 5.69 Å². The number of aromatic nitrogens is 1. The van der Waals surface area contributed by atoms with Gasteiger partial charge < -0.3 is 20.5 Å². The number of pyridine rings is 1. The highest BCUT2D eigenvalue weighted by atomic mass is 16.2. The molecule has 6 heteroatoms. The second-order valence-corrected chi connectivity index (χ2v) is 6.80. The highest BCUT2D eigenvalue weighted by Gasteiger charge is 2.25. The van der Waals surface area contributed by atoms with E-state index in [1.54, 1.807) is 10.6 Å². The van der Waals surface area contributed by atoms with E-state index in [0.29, 0.717) is 13.1 Å². The summed E-state index contributed by atoms with van der Waals surface area (Å²) in [5.41, 5.74) is 6.35. The second kappa shape index (κ2) is 8.87. The third-order valence-corrected chi connectivity index (χ3v) is 4.54. The number of carbonyl (C=O) groups is 1. The number of hydrogen-bond donors (Lipinski definition) is 2. The van der Waals surface area contributed by atoms with Crippen LogP contribution in [0, 0.1) is 5.92 Å². The van der Waals surface area contributed by atoms with Crippen LogP contribution in [0.3, 0.4) is 0 Å². The van der Waals surface area contributed by atoms with E-state index in [0.717, 1.165) is 18.8 Å². The Hall–Kier alpha value is -1.82. The van der Waals surface area contributed by atoms with Gasteiger partial charge in [-0.05, 0) is 24.8 Å². The van der Waals surface area contributed by atoms with Crippen molar-refractivity contribution in [2.45, 2.75) is 45.6 Å². The lowest BCUT2D eigenvalue weighted by Crippen LogP contribution is -2.41. The Bertz CT molecular complexity index is 589. The lowest BCUT2D eigenvalue weighted by molar-refractivity contribution is -0.125. The highest BCUT2D eigenvalue weighted by molar-refractivity contribution is 5.80. The maximum atomic E-state index is 12.5. The molecule has 1 aromatic rings. The predicted octanol–water partition coefficient (Wildman–Crippen LogP) is 1.50. The lowest BCUT2D eigenvalue weighted by atomic mass is 10.0. The molecule has 1 atom stereocenters. The molecule has 1 aliphatic heterocycles. The number of rotatable bonds is 6. The smallest absolute Gasteiger partial charge is 0.251 e. The van der Waals surface area contributed by atoms with Gasteiger partial charge >= 0.3 is 0 Å². The average molecular weight is 334 g/mol. The molecule has 0 aliphatic carbocycles. The lowest BCUT2D eigenvalue weighted by Gasteiger charge is -2.27. The molecule has 2 rings (SSSR count). The van der Waals surface area contributed by atoms with Gasteiger partial charge in [-0.2, -0.15) is 0 Å². The summed E-state index contributed by atoms with van der Waals surface area (Å²) in [6.07, 6.45) is 6.70. The van der Waals surface area contributed by atoms with Crippen molar-refractivity contribution in [1.82, 2.24) is 9.88 Å². The van der Waals surface area contributed by atoms with E-state index >= 15 is 0 Å². The SMILES string of the molecule is CC(C)C(C(=O)NCCN)n1cc(N2CCCCCC2)ccc1=O. The Morgan fingerprint density at radius 3 is 2.46 bits per heavy atom. The Morgan fingerprint density at radius 2 is 1.88 bits per heavy atom. The molecule has 134 valence electrons. The minimum absolute atomic E-state index is 0.0138. The van der Waals surface area contributed by atoms with Crippen LogP contribution in [0.4, 0.5) is 5.69 Å². The number of nitrogens with two attached hydrogens (primary N) is 1. The van der Waals surface area contributed by atoms with Crippen molar-refractivity contribution >= 4 is 11.6 Å². The van der Waals surface area contributed by atoms with Crippen LogP contribution in [0.2, 0.25) is 0 Å². The first-order valence-corrected chi connectivity index (χ1v) is 8.99. The van der Waals surface area contributed by atoms with Crippen LogP contribution in [0.25, 0.3) is 0 Å². The van der Waals surface area contributed by atoms with E-state index < -0.39 is 6.04 Å². The number of anilines is 1. The molecule has 0 saturated carbocycles. The number of carbonyl (C=O) groups excluding carboxylic acids is 1. The molecular weight excluding hydrogens is 304 g/mol. The molecule has 0 radical (unpaired) electrons. The van der Waals surface area contributed by atoms with Crippen molar-refractivity contribution < 1.29 is 4.79 Å². The van der Waals surface area contributed by atoms with Crippen molar-refractivity contribution in [2.75, 3.05) is 31.1 Å². The maximum Gasteiger partial charge on any atom is 0.251 e. The molecule has 3 N–H and O–H groups in total. The second-order valence-electron chi connectivity index (χ2n) is 6.80. The molecule has 24 heavy (non-hydrogen) atoms. The third kappa shape index (κ3) is 4.60. The predicted molar refractivity (Wildman–Crippen MR) is 97.3 cm³/mol. The molecule has 1 aromatic heterocycles. The van der Waals surface area contributed by atoms with Crippen LogP contribution in [0.15, 0.2) is 23.1 Å². The Kier molecular flexibility index (Phi) is 6.85. The summed E-state index contributed by atoms with van der Waals surface area (Å²) in [6.45, 7) is 6.73. The average Bonchev–Trinajstić information content (AvgIpc) is 2.84. The molecule has 1 aliphatic rings. The first kappa shape index (κ1) is 18.5. The Balaban J connectivity index is 2.30. The quantitative estimate of drug-likeness (QED) is 0.826. The van der Waals surface area contributed by atoms with Crippen molar-refractivity contribution in [2.24, 2.45) is 11.7 Å². The molecular formula is C18H30N4O2. The molecule has 1 fully saturated rings. The van der Waals surface area contributed by atoms with Crippen LogP contribution >= 0.6 is 0 Å². The number of amides is 1. The summed E-state index contributed by atoms with van der Waals surface area (Å²) in [6, 6.07) is 2.93. The largest absolute Gasteiger partial charge is 0.370 e. The van der Waals surface area contributed by atoms with Crippen LogP contribution in [-0.2, 0) is 4.79 Å². The summed E-state index contributed by atoms with van der Waals surface area (Å²) in [4.78, 5) is 27.2. The van der Waals surface area contributed by atoms with Crippen LogP contribution < -0.4 is 21.5 Å². The topological polar surface area (TPSA) is 80.4 Å². The van der Waals surface area contributed by atoms with Gasteiger partial charge in [-0.1, -0.05) is 26.7 Å². The highest BCUT2D eigenvalue weighted by Crippen LogP contribution is 2.22. The van der Waals surface area contributed by atoms with E-state index in [1.165, 1.54) is 25.7 Å². The maximum absolute atomic E-state index is 12.5.